The molecule has 0 spiro atoms. The third-order valence-electron chi connectivity index (χ3n) is 3.12. The van der Waals surface area contributed by atoms with E-state index >= 15 is 0 Å². The van der Waals surface area contributed by atoms with Gasteiger partial charge in [-0.25, -0.2) is 0 Å². The molecule has 3 N–H and O–H groups in total. The lowest BCUT2D eigenvalue weighted by Crippen LogP contribution is -2.15. The zero-order valence-electron chi connectivity index (χ0n) is 11.8. The summed E-state index contributed by atoms with van der Waals surface area (Å²) in [4.78, 5) is 0. The van der Waals surface area contributed by atoms with Gasteiger partial charge in [0.1, 0.15) is 6.33 Å². The van der Waals surface area contributed by atoms with Crippen molar-refractivity contribution in [1.82, 2.24) is 14.8 Å². The molecule has 0 unspecified atom stereocenters. The van der Waals surface area contributed by atoms with Gasteiger partial charge >= 0.3 is 0 Å². The van der Waals surface area contributed by atoms with Crippen LogP contribution in [0.15, 0.2) is 35.7 Å². The first-order chi connectivity index (χ1) is 10.1. The van der Waals surface area contributed by atoms with Crippen LogP contribution < -0.4 is 0 Å². The first-order valence-electron chi connectivity index (χ1n) is 6.62. The van der Waals surface area contributed by atoms with E-state index in [0.717, 1.165) is 16.3 Å². The van der Waals surface area contributed by atoms with Crippen LogP contribution in [0.5, 0.6) is 0 Å². The fraction of sp³-hybridized carbons (Fsp3) is 0.429. The summed E-state index contributed by atoms with van der Waals surface area (Å²) >= 11 is 1.40. The second kappa shape index (κ2) is 7.56. The zero-order chi connectivity index (χ0) is 15.2. The van der Waals surface area contributed by atoms with Crippen molar-refractivity contribution in [3.8, 4) is 0 Å². The average Bonchev–Trinajstić information content (AvgIpc) is 2.90. The second-order valence-corrected chi connectivity index (χ2v) is 5.83. The monoisotopic (exact) mass is 309 g/mol. The molecule has 0 saturated heterocycles. The Morgan fingerprint density at radius 3 is 2.52 bits per heavy atom. The highest BCUT2D eigenvalue weighted by atomic mass is 32.2. The van der Waals surface area contributed by atoms with Gasteiger partial charge in [-0.15, -0.1) is 10.2 Å². The molecular formula is C14H19N3O3S. The summed E-state index contributed by atoms with van der Waals surface area (Å²) < 4.78 is 1.78. The number of benzene rings is 1. The van der Waals surface area contributed by atoms with E-state index in [9.17, 15) is 10.2 Å². The van der Waals surface area contributed by atoms with Gasteiger partial charge in [-0.2, -0.15) is 0 Å². The van der Waals surface area contributed by atoms with Gasteiger partial charge in [-0.05, 0) is 11.1 Å². The number of rotatable bonds is 7. The van der Waals surface area contributed by atoms with Crippen molar-refractivity contribution in [3.63, 3.8) is 0 Å². The summed E-state index contributed by atoms with van der Waals surface area (Å²) in [6, 6.07) is 7.05. The molecule has 2 aromatic rings. The quantitative estimate of drug-likeness (QED) is 0.658. The third kappa shape index (κ3) is 4.53. The van der Waals surface area contributed by atoms with Crippen LogP contribution in [0.25, 0.3) is 0 Å². The Kier molecular flexibility index (Phi) is 5.75. The summed E-state index contributed by atoms with van der Waals surface area (Å²) in [5, 5.41) is 37.5. The number of aryl methyl sites for hydroxylation is 1. The molecule has 1 heterocycles. The number of hydrogen-bond donors (Lipinski definition) is 3. The first-order valence-corrected chi connectivity index (χ1v) is 7.61. The van der Waals surface area contributed by atoms with E-state index in [2.05, 4.69) is 10.2 Å². The van der Waals surface area contributed by atoms with E-state index in [0.29, 0.717) is 5.75 Å². The fourth-order valence-corrected chi connectivity index (χ4v) is 2.71. The van der Waals surface area contributed by atoms with Crippen molar-refractivity contribution < 1.29 is 15.3 Å². The lowest BCUT2D eigenvalue weighted by atomic mass is 10.0. The molecule has 1 aromatic heterocycles. The van der Waals surface area contributed by atoms with Gasteiger partial charge in [0.15, 0.2) is 5.16 Å². The molecule has 0 aliphatic carbocycles. The lowest BCUT2D eigenvalue weighted by Gasteiger charge is -2.15. The van der Waals surface area contributed by atoms with Crippen LogP contribution in [0, 0.1) is 0 Å². The van der Waals surface area contributed by atoms with Gasteiger partial charge in [-0.3, -0.25) is 0 Å². The molecule has 2 atom stereocenters. The van der Waals surface area contributed by atoms with Crippen molar-refractivity contribution in [2.75, 3.05) is 5.75 Å². The van der Waals surface area contributed by atoms with Crippen molar-refractivity contribution in [1.29, 1.82) is 0 Å². The van der Waals surface area contributed by atoms with E-state index in [1.807, 2.05) is 7.05 Å². The number of nitrogens with zero attached hydrogens (tertiary/aromatic N) is 3. The molecule has 7 heteroatoms. The van der Waals surface area contributed by atoms with Gasteiger partial charge in [0, 0.05) is 19.2 Å². The van der Waals surface area contributed by atoms with Gasteiger partial charge in [0.2, 0.25) is 0 Å². The molecule has 0 saturated carbocycles. The highest BCUT2D eigenvalue weighted by Crippen LogP contribution is 2.22. The Morgan fingerprint density at radius 1 is 1.24 bits per heavy atom. The summed E-state index contributed by atoms with van der Waals surface area (Å²) in [6.45, 7) is -0.0205. The van der Waals surface area contributed by atoms with Crippen LogP contribution in [0.1, 0.15) is 23.7 Å². The average molecular weight is 309 g/mol. The lowest BCUT2D eigenvalue weighted by molar-refractivity contribution is 0.0930. The minimum Gasteiger partial charge on any atom is -0.392 e. The number of thioether (sulfide) groups is 1. The zero-order valence-corrected chi connectivity index (χ0v) is 12.6. The van der Waals surface area contributed by atoms with Crippen molar-refractivity contribution in [3.05, 3.63) is 41.7 Å². The molecule has 6 nitrogen and oxygen atoms in total. The third-order valence-corrected chi connectivity index (χ3v) is 4.30. The van der Waals surface area contributed by atoms with Gasteiger partial charge < -0.3 is 19.9 Å². The van der Waals surface area contributed by atoms with E-state index in [1.54, 1.807) is 35.2 Å². The molecule has 0 aliphatic heterocycles. The van der Waals surface area contributed by atoms with Crippen molar-refractivity contribution in [2.45, 2.75) is 30.4 Å². The number of aliphatic hydroxyl groups is 3. The number of hydrogen-bond acceptors (Lipinski definition) is 6. The van der Waals surface area contributed by atoms with Gasteiger partial charge in [0.25, 0.3) is 0 Å². The number of aromatic nitrogens is 3. The minimum absolute atomic E-state index is 0.0205. The molecule has 2 rings (SSSR count). The van der Waals surface area contributed by atoms with Gasteiger partial charge in [-0.1, -0.05) is 36.0 Å². The molecular weight excluding hydrogens is 290 g/mol. The predicted molar refractivity (Wildman–Crippen MR) is 79.7 cm³/mol. The highest BCUT2D eigenvalue weighted by molar-refractivity contribution is 7.99. The van der Waals surface area contributed by atoms with Crippen LogP contribution in [0.3, 0.4) is 0 Å². The molecule has 0 radical (unpaired) electrons. The van der Waals surface area contributed by atoms with E-state index in [-0.39, 0.29) is 13.0 Å². The Hall–Kier alpha value is -1.41. The molecule has 0 fully saturated rings. The van der Waals surface area contributed by atoms with Crippen LogP contribution in [-0.4, -0.2) is 41.9 Å². The van der Waals surface area contributed by atoms with Crippen molar-refractivity contribution >= 4 is 11.8 Å². The summed E-state index contributed by atoms with van der Waals surface area (Å²) in [5.74, 6) is 0.443. The topological polar surface area (TPSA) is 91.4 Å². The van der Waals surface area contributed by atoms with Crippen LogP contribution in [-0.2, 0) is 13.7 Å². The smallest absolute Gasteiger partial charge is 0.190 e. The normalized spacial score (nSPS) is 14.1. The highest BCUT2D eigenvalue weighted by Gasteiger charge is 2.15. The summed E-state index contributed by atoms with van der Waals surface area (Å²) in [5.41, 5.74) is 1.53. The Balaban J connectivity index is 1.83. The van der Waals surface area contributed by atoms with Gasteiger partial charge in [0.05, 0.1) is 18.8 Å². The molecule has 1 aromatic carbocycles. The summed E-state index contributed by atoms with van der Waals surface area (Å²) in [7, 11) is 1.84. The standard InChI is InChI=1S/C14H19N3O3S/c1-17-9-15-16-14(17)21-8-12(19)6-13(20)11-4-2-10(7-18)3-5-11/h2-5,9,12-13,18-20H,6-8H2,1H3/t12-,13+/m0/s1. The van der Waals surface area contributed by atoms with Crippen molar-refractivity contribution in [2.24, 2.45) is 7.05 Å². The maximum Gasteiger partial charge on any atom is 0.190 e. The number of aliphatic hydroxyl groups excluding tert-OH is 3. The Morgan fingerprint density at radius 2 is 1.95 bits per heavy atom. The predicted octanol–water partition coefficient (Wildman–Crippen LogP) is 0.884. The molecule has 0 aliphatic rings. The Labute approximate surface area is 127 Å². The minimum atomic E-state index is -0.729. The maximum atomic E-state index is 10.1. The molecule has 21 heavy (non-hydrogen) atoms. The maximum absolute atomic E-state index is 10.1. The SMILES string of the molecule is Cn1cnnc1SC[C@@H](O)C[C@@H](O)c1ccc(CO)cc1. The fourth-order valence-electron chi connectivity index (χ4n) is 1.88. The van der Waals surface area contributed by atoms with E-state index in [4.69, 9.17) is 5.11 Å². The van der Waals surface area contributed by atoms with E-state index in [1.165, 1.54) is 11.8 Å². The van der Waals surface area contributed by atoms with Crippen LogP contribution >= 0.6 is 11.8 Å². The Bertz CT molecular complexity index is 559. The largest absolute Gasteiger partial charge is 0.392 e. The molecule has 0 amide bonds. The van der Waals surface area contributed by atoms with Crippen LogP contribution in [0.4, 0.5) is 0 Å². The van der Waals surface area contributed by atoms with Crippen LogP contribution in [0.2, 0.25) is 0 Å². The molecule has 114 valence electrons. The first kappa shape index (κ1) is 16.0. The van der Waals surface area contributed by atoms with E-state index < -0.39 is 12.2 Å². The second-order valence-electron chi connectivity index (χ2n) is 4.84. The summed E-state index contributed by atoms with van der Waals surface area (Å²) in [6.07, 6.45) is 0.488. The molecule has 0 bridgehead atoms.